The van der Waals surface area contributed by atoms with Crippen molar-refractivity contribution < 1.29 is 9.53 Å². The van der Waals surface area contributed by atoms with E-state index in [1.807, 2.05) is 50.4 Å². The molecule has 2 aromatic heterocycles. The first-order valence-corrected chi connectivity index (χ1v) is 13.8. The van der Waals surface area contributed by atoms with Crippen molar-refractivity contribution in [1.29, 1.82) is 0 Å². The van der Waals surface area contributed by atoms with Crippen molar-refractivity contribution >= 4 is 16.8 Å². The van der Waals surface area contributed by atoms with Crippen LogP contribution in [-0.4, -0.2) is 64.8 Å². The summed E-state index contributed by atoms with van der Waals surface area (Å²) in [5.41, 5.74) is 2.02. The molecule has 5 rings (SSSR count). The number of aromatic nitrogens is 2. The maximum atomic E-state index is 13.4. The van der Waals surface area contributed by atoms with Crippen LogP contribution in [0.5, 0.6) is 0 Å². The molecule has 2 N–H and O–H groups in total. The van der Waals surface area contributed by atoms with E-state index < -0.39 is 0 Å². The molecule has 2 aliphatic heterocycles. The molecule has 8 heteroatoms. The van der Waals surface area contributed by atoms with Crippen molar-refractivity contribution in [2.75, 3.05) is 20.2 Å². The van der Waals surface area contributed by atoms with Crippen LogP contribution in [0.1, 0.15) is 61.5 Å². The zero-order valence-corrected chi connectivity index (χ0v) is 22.6. The van der Waals surface area contributed by atoms with Gasteiger partial charge in [0.05, 0.1) is 11.6 Å². The molecule has 4 atom stereocenters. The van der Waals surface area contributed by atoms with E-state index in [1.165, 1.54) is 0 Å². The van der Waals surface area contributed by atoms with Gasteiger partial charge in [0.2, 0.25) is 0 Å². The number of nitrogens with one attached hydrogen (secondary N) is 2. The van der Waals surface area contributed by atoms with Crippen LogP contribution >= 0.6 is 0 Å². The summed E-state index contributed by atoms with van der Waals surface area (Å²) >= 11 is 0. The van der Waals surface area contributed by atoms with Gasteiger partial charge in [-0.3, -0.25) is 19.5 Å². The minimum atomic E-state index is -0.262. The molecular weight excluding hydrogens is 478 g/mol. The summed E-state index contributed by atoms with van der Waals surface area (Å²) in [5, 5.41) is 7.62. The van der Waals surface area contributed by atoms with Crippen molar-refractivity contribution in [3.63, 3.8) is 0 Å². The summed E-state index contributed by atoms with van der Waals surface area (Å²) in [6.07, 6.45) is 7.81. The Balaban J connectivity index is 1.21. The molecule has 202 valence electrons. The van der Waals surface area contributed by atoms with Gasteiger partial charge in [0.25, 0.3) is 11.5 Å². The predicted octanol–water partition coefficient (Wildman–Crippen LogP) is 3.51. The Kier molecular flexibility index (Phi) is 8.21. The van der Waals surface area contributed by atoms with Crippen LogP contribution in [0.15, 0.2) is 59.7 Å². The van der Waals surface area contributed by atoms with Crippen LogP contribution in [0, 0.1) is 0 Å². The molecular formula is C30H39N5O3. The number of rotatable bonds is 10. The lowest BCUT2D eigenvalue weighted by molar-refractivity contribution is 0.0261. The topological polar surface area (TPSA) is 88.5 Å². The summed E-state index contributed by atoms with van der Waals surface area (Å²) in [6.45, 7) is 6.36. The van der Waals surface area contributed by atoms with E-state index in [0.717, 1.165) is 61.8 Å². The molecule has 0 spiro atoms. The van der Waals surface area contributed by atoms with E-state index in [0.29, 0.717) is 12.1 Å². The van der Waals surface area contributed by atoms with E-state index in [2.05, 4.69) is 26.6 Å². The van der Waals surface area contributed by atoms with Crippen LogP contribution in [0.2, 0.25) is 0 Å². The Hall–Kier alpha value is -3.07. The SMILES string of the molecule is COC(CNCc1cccnc1)CN1[C@@H]2CC[C@H]1C[C@H](NC(=O)c1cc3ccccc3n(C(C)C)c1=O)C2. The second kappa shape index (κ2) is 11.8. The number of ether oxygens (including phenoxy) is 1. The number of benzene rings is 1. The fraction of sp³-hybridized carbons (Fsp3) is 0.500. The average molecular weight is 518 g/mol. The number of pyridine rings is 2. The number of nitrogens with zero attached hydrogens (tertiary/aromatic N) is 3. The number of carbonyl (C=O) groups is 1. The largest absolute Gasteiger partial charge is 0.379 e. The molecule has 3 aromatic rings. The Morgan fingerprint density at radius 1 is 1.13 bits per heavy atom. The Morgan fingerprint density at radius 3 is 2.58 bits per heavy atom. The highest BCUT2D eigenvalue weighted by atomic mass is 16.5. The molecule has 0 radical (unpaired) electrons. The standard InChI is InChI=1S/C30H39N5O3/c1-20(2)35-28-9-5-4-8-22(28)13-27(30(35)37)29(36)33-23-14-24-10-11-25(15-23)34(24)19-26(38-3)18-32-17-21-7-6-12-31-16-21/h4-9,12-13,16,20,23-26,32H,10-11,14-15,17-19H2,1-3H3,(H,33,36)/t23-,24-,25+,26?. The molecule has 38 heavy (non-hydrogen) atoms. The van der Waals surface area contributed by atoms with Crippen LogP contribution in [0.25, 0.3) is 10.9 Å². The summed E-state index contributed by atoms with van der Waals surface area (Å²) in [6, 6.07) is 14.4. The highest BCUT2D eigenvalue weighted by Crippen LogP contribution is 2.36. The normalized spacial score (nSPS) is 22.2. The zero-order valence-electron chi connectivity index (χ0n) is 22.6. The van der Waals surface area contributed by atoms with Gasteiger partial charge in [0.1, 0.15) is 5.56 Å². The first-order valence-electron chi connectivity index (χ1n) is 13.8. The van der Waals surface area contributed by atoms with E-state index in [1.54, 1.807) is 23.9 Å². The predicted molar refractivity (Wildman–Crippen MR) is 149 cm³/mol. The second-order valence-electron chi connectivity index (χ2n) is 11.0. The van der Waals surface area contributed by atoms with Crippen molar-refractivity contribution in [2.45, 2.75) is 76.3 Å². The molecule has 2 bridgehead atoms. The fourth-order valence-corrected chi connectivity index (χ4v) is 6.25. The lowest BCUT2D eigenvalue weighted by atomic mass is 9.96. The van der Waals surface area contributed by atoms with Gasteiger partial charge in [-0.1, -0.05) is 24.3 Å². The third-order valence-corrected chi connectivity index (χ3v) is 8.10. The molecule has 8 nitrogen and oxygen atoms in total. The summed E-state index contributed by atoms with van der Waals surface area (Å²) in [7, 11) is 1.78. The monoisotopic (exact) mass is 517 g/mol. The van der Waals surface area contributed by atoms with Crippen molar-refractivity contribution in [2.24, 2.45) is 0 Å². The number of methoxy groups -OCH3 is 1. The fourth-order valence-electron chi connectivity index (χ4n) is 6.25. The van der Waals surface area contributed by atoms with Gasteiger partial charge in [-0.15, -0.1) is 0 Å². The molecule has 1 amide bonds. The molecule has 0 saturated carbocycles. The van der Waals surface area contributed by atoms with Gasteiger partial charge in [-0.2, -0.15) is 0 Å². The van der Waals surface area contributed by atoms with E-state index in [9.17, 15) is 9.59 Å². The molecule has 4 heterocycles. The Labute approximate surface area is 224 Å². The lowest BCUT2D eigenvalue weighted by Gasteiger charge is -2.40. The van der Waals surface area contributed by atoms with Crippen LogP contribution in [0.4, 0.5) is 0 Å². The van der Waals surface area contributed by atoms with Gasteiger partial charge in [0.15, 0.2) is 0 Å². The maximum Gasteiger partial charge on any atom is 0.264 e. The quantitative estimate of drug-likeness (QED) is 0.428. The van der Waals surface area contributed by atoms with Gasteiger partial charge in [0, 0.05) is 63.3 Å². The number of hydrogen-bond acceptors (Lipinski definition) is 6. The highest BCUT2D eigenvalue weighted by Gasteiger charge is 2.42. The third-order valence-electron chi connectivity index (χ3n) is 8.10. The van der Waals surface area contributed by atoms with E-state index in [4.69, 9.17) is 4.74 Å². The van der Waals surface area contributed by atoms with E-state index in [-0.39, 0.29) is 35.2 Å². The van der Waals surface area contributed by atoms with Crippen LogP contribution < -0.4 is 16.2 Å². The number of amides is 1. The number of piperidine rings is 1. The first kappa shape index (κ1) is 26.5. The zero-order chi connectivity index (χ0) is 26.6. The van der Waals surface area contributed by atoms with Crippen molar-refractivity contribution in [1.82, 2.24) is 25.1 Å². The number of para-hydroxylation sites is 1. The number of carbonyl (C=O) groups excluding carboxylic acids is 1. The van der Waals surface area contributed by atoms with Crippen molar-refractivity contribution in [3.8, 4) is 0 Å². The molecule has 2 saturated heterocycles. The van der Waals surface area contributed by atoms with Gasteiger partial charge in [-0.05, 0) is 68.7 Å². The number of fused-ring (bicyclic) bond motifs is 3. The minimum absolute atomic E-state index is 0.0354. The van der Waals surface area contributed by atoms with Gasteiger partial charge < -0.3 is 19.9 Å². The van der Waals surface area contributed by atoms with Crippen LogP contribution in [-0.2, 0) is 11.3 Å². The maximum absolute atomic E-state index is 13.4. The highest BCUT2D eigenvalue weighted by molar-refractivity contribution is 5.97. The van der Waals surface area contributed by atoms with Gasteiger partial charge >= 0.3 is 0 Å². The Morgan fingerprint density at radius 2 is 1.89 bits per heavy atom. The molecule has 2 aliphatic rings. The smallest absolute Gasteiger partial charge is 0.264 e. The Bertz CT molecular complexity index is 1290. The molecule has 1 aromatic carbocycles. The summed E-state index contributed by atoms with van der Waals surface area (Å²) < 4.78 is 7.54. The van der Waals surface area contributed by atoms with E-state index >= 15 is 0 Å². The summed E-state index contributed by atoms with van der Waals surface area (Å²) in [4.78, 5) is 33.4. The molecule has 1 unspecified atom stereocenters. The number of hydrogen-bond donors (Lipinski definition) is 2. The first-order chi connectivity index (χ1) is 18.4. The van der Waals surface area contributed by atoms with Gasteiger partial charge in [-0.25, -0.2) is 0 Å². The van der Waals surface area contributed by atoms with Crippen LogP contribution in [0.3, 0.4) is 0 Å². The molecule has 2 fully saturated rings. The van der Waals surface area contributed by atoms with Crippen molar-refractivity contribution in [3.05, 3.63) is 76.3 Å². The minimum Gasteiger partial charge on any atom is -0.379 e. The average Bonchev–Trinajstić information content (AvgIpc) is 3.14. The summed E-state index contributed by atoms with van der Waals surface area (Å²) in [5.74, 6) is -0.262. The lowest BCUT2D eigenvalue weighted by Crippen LogP contribution is -2.53. The second-order valence-corrected chi connectivity index (χ2v) is 11.0. The molecule has 0 aliphatic carbocycles. The third kappa shape index (κ3) is 5.67.